The molecule has 2 aromatic heterocycles. The normalized spacial score (nSPS) is 15.4. The van der Waals surface area contributed by atoms with Crippen LogP contribution in [-0.4, -0.2) is 64.3 Å². The summed E-state index contributed by atoms with van der Waals surface area (Å²) in [6.45, 7) is 0.437. The number of rotatable bonds is 5. The highest BCUT2D eigenvalue weighted by Crippen LogP contribution is 2.35. The Hall–Kier alpha value is -2.41. The van der Waals surface area contributed by atoms with Gasteiger partial charge in [-0.2, -0.15) is 0 Å². The molecule has 35 heavy (non-hydrogen) atoms. The number of piperidine rings is 1. The van der Waals surface area contributed by atoms with Crippen molar-refractivity contribution in [1.82, 2.24) is 20.0 Å². The largest absolute Gasteiger partial charge is 0.445 e. The van der Waals surface area contributed by atoms with Crippen LogP contribution in [0.4, 0.5) is 20.7 Å². The second kappa shape index (κ2) is 9.92. The molecule has 10 nitrogen and oxygen atoms in total. The van der Waals surface area contributed by atoms with E-state index in [2.05, 4.69) is 20.4 Å². The fraction of sp³-hybridized carbons (Fsp3) is 0.400. The first-order valence-electron chi connectivity index (χ1n) is 10.3. The van der Waals surface area contributed by atoms with Gasteiger partial charge in [-0.15, -0.1) is 0 Å². The van der Waals surface area contributed by atoms with Gasteiger partial charge >= 0.3 is 6.09 Å². The van der Waals surface area contributed by atoms with Crippen LogP contribution in [0.15, 0.2) is 33.9 Å². The number of alkyl halides is 3. The molecule has 3 aromatic rings. The number of ether oxygens (including phenoxy) is 1. The molecule has 1 aliphatic rings. The zero-order valence-electron chi connectivity index (χ0n) is 18.2. The van der Waals surface area contributed by atoms with Crippen molar-refractivity contribution in [3.8, 4) is 0 Å². The van der Waals surface area contributed by atoms with Gasteiger partial charge in [0, 0.05) is 25.3 Å². The van der Waals surface area contributed by atoms with Crippen molar-refractivity contribution < 1.29 is 26.9 Å². The number of nitrogens with zero attached hydrogens (tertiary/aromatic N) is 4. The van der Waals surface area contributed by atoms with E-state index in [-0.39, 0.29) is 34.5 Å². The number of carbonyl (C=O) groups is 1. The number of halogens is 4. The van der Waals surface area contributed by atoms with Crippen molar-refractivity contribution in [2.24, 2.45) is 0 Å². The third kappa shape index (κ3) is 6.05. The molecule has 1 N–H and O–H groups in total. The van der Waals surface area contributed by atoms with E-state index in [0.717, 1.165) is 12.3 Å². The van der Waals surface area contributed by atoms with Crippen LogP contribution in [0.2, 0.25) is 0 Å². The third-order valence-electron chi connectivity index (χ3n) is 5.40. The number of sulfone groups is 1. The Balaban J connectivity index is 1.48. The molecule has 0 radical (unpaired) electrons. The minimum Gasteiger partial charge on any atom is -0.445 e. The number of fused-ring (bicyclic) bond motifs is 1. The molecule has 0 atom stereocenters. The summed E-state index contributed by atoms with van der Waals surface area (Å²) < 4.78 is 46.6. The second-order valence-electron chi connectivity index (χ2n) is 7.94. The lowest BCUT2D eigenvalue weighted by molar-refractivity contribution is 0.0939. The van der Waals surface area contributed by atoms with E-state index in [1.165, 1.54) is 23.4 Å². The van der Waals surface area contributed by atoms with Crippen LogP contribution in [-0.2, 0) is 14.6 Å². The summed E-state index contributed by atoms with van der Waals surface area (Å²) in [6.07, 6.45) is 2.85. The minimum atomic E-state index is -3.55. The number of hydrogen-bond acceptors (Lipinski definition) is 9. The van der Waals surface area contributed by atoms with E-state index in [1.54, 1.807) is 0 Å². The molecule has 1 aliphatic heterocycles. The van der Waals surface area contributed by atoms with Crippen molar-refractivity contribution in [3.63, 3.8) is 0 Å². The summed E-state index contributed by atoms with van der Waals surface area (Å²) in [5.41, 5.74) is 1.27. The van der Waals surface area contributed by atoms with Crippen LogP contribution in [0.1, 0.15) is 24.5 Å². The van der Waals surface area contributed by atoms with Gasteiger partial charge in [0.2, 0.25) is 9.38 Å². The van der Waals surface area contributed by atoms with E-state index in [0.29, 0.717) is 37.1 Å². The van der Waals surface area contributed by atoms with Crippen molar-refractivity contribution in [3.05, 3.63) is 36.0 Å². The van der Waals surface area contributed by atoms with E-state index < -0.39 is 25.5 Å². The number of likely N-dealkylation sites (tertiary alicyclic amines) is 1. The Kier molecular flexibility index (Phi) is 7.28. The quantitative estimate of drug-likeness (QED) is 0.441. The molecule has 0 saturated carbocycles. The highest BCUT2D eigenvalue weighted by molar-refractivity contribution is 7.90. The predicted octanol–water partition coefficient (Wildman–Crippen LogP) is 4.59. The Morgan fingerprint density at radius 1 is 1.29 bits per heavy atom. The average molecular weight is 567 g/mol. The molecule has 0 unspecified atom stereocenters. The smallest absolute Gasteiger partial charge is 0.409 e. The Morgan fingerprint density at radius 2 is 2.00 bits per heavy atom. The molecule has 1 saturated heterocycles. The zero-order chi connectivity index (χ0) is 25.4. The van der Waals surface area contributed by atoms with E-state index in [9.17, 15) is 17.6 Å². The first-order chi connectivity index (χ1) is 16.4. The van der Waals surface area contributed by atoms with Gasteiger partial charge in [0.15, 0.2) is 15.7 Å². The maximum atomic E-state index is 14.5. The SMILES string of the molecule is CS(=O)(=O)c1ccc(Nc2ncnc3c(C4CCN(C(=O)OCC(Cl)(Cl)Cl)CC4)noc23)c(F)c1. The summed E-state index contributed by atoms with van der Waals surface area (Å²) in [4.78, 5) is 21.9. The van der Waals surface area contributed by atoms with Crippen molar-refractivity contribution in [2.45, 2.75) is 27.4 Å². The van der Waals surface area contributed by atoms with Gasteiger partial charge in [0.1, 0.15) is 30.0 Å². The van der Waals surface area contributed by atoms with Gasteiger partial charge in [-0.3, -0.25) is 0 Å². The van der Waals surface area contributed by atoms with Gasteiger partial charge in [-0.05, 0) is 31.0 Å². The van der Waals surface area contributed by atoms with Crippen molar-refractivity contribution in [2.75, 3.05) is 31.3 Å². The van der Waals surface area contributed by atoms with E-state index in [1.807, 2.05) is 0 Å². The maximum Gasteiger partial charge on any atom is 0.409 e. The number of amides is 1. The topological polar surface area (TPSA) is 128 Å². The van der Waals surface area contributed by atoms with Crippen LogP contribution < -0.4 is 5.32 Å². The predicted molar refractivity (Wildman–Crippen MR) is 128 cm³/mol. The lowest BCUT2D eigenvalue weighted by Crippen LogP contribution is -2.39. The standard InChI is InChI=1S/C20H19Cl3FN5O5S/c1-35(31,32)12-2-3-14(13(24)8-12)27-18-17-16(25-10-26-18)15(28-34-17)11-4-6-29(7-5-11)19(30)33-9-20(21,22)23/h2-3,8,10-11H,4-7,9H2,1H3,(H,25,26,27). The molecule has 0 bridgehead atoms. The number of aromatic nitrogens is 3. The highest BCUT2D eigenvalue weighted by atomic mass is 35.6. The van der Waals surface area contributed by atoms with Gasteiger partial charge < -0.3 is 19.5 Å². The molecule has 188 valence electrons. The number of hydrogen-bond donors (Lipinski definition) is 1. The molecule has 0 spiro atoms. The fourth-order valence-corrected chi connectivity index (χ4v) is 4.46. The van der Waals surface area contributed by atoms with Gasteiger partial charge in [0.05, 0.1) is 10.6 Å². The van der Waals surface area contributed by atoms with Crippen molar-refractivity contribution >= 4 is 73.3 Å². The lowest BCUT2D eigenvalue weighted by atomic mass is 9.93. The molecular formula is C20H19Cl3FN5O5S. The zero-order valence-corrected chi connectivity index (χ0v) is 21.3. The summed E-state index contributed by atoms with van der Waals surface area (Å²) in [5, 5.41) is 6.95. The van der Waals surface area contributed by atoms with E-state index >= 15 is 0 Å². The van der Waals surface area contributed by atoms with Gasteiger partial charge in [-0.25, -0.2) is 27.6 Å². The molecule has 1 amide bonds. The van der Waals surface area contributed by atoms with Crippen LogP contribution in [0.5, 0.6) is 0 Å². The summed E-state index contributed by atoms with van der Waals surface area (Å²) in [6, 6.07) is 3.51. The summed E-state index contributed by atoms with van der Waals surface area (Å²) >= 11 is 16.8. The number of benzene rings is 1. The minimum absolute atomic E-state index is 0.0111. The van der Waals surface area contributed by atoms with Crippen LogP contribution in [0.3, 0.4) is 0 Å². The Morgan fingerprint density at radius 3 is 2.63 bits per heavy atom. The van der Waals surface area contributed by atoms with Crippen LogP contribution in [0, 0.1) is 5.82 Å². The number of carbonyl (C=O) groups excluding carboxylic acids is 1. The molecule has 1 aromatic carbocycles. The molecule has 0 aliphatic carbocycles. The highest BCUT2D eigenvalue weighted by Gasteiger charge is 2.31. The summed E-state index contributed by atoms with van der Waals surface area (Å²) in [5.74, 6) is -0.650. The lowest BCUT2D eigenvalue weighted by Gasteiger charge is -2.30. The number of nitrogens with one attached hydrogen (secondary N) is 1. The third-order valence-corrected chi connectivity index (χ3v) is 6.84. The second-order valence-corrected chi connectivity index (χ2v) is 12.5. The maximum absolute atomic E-state index is 14.5. The first kappa shape index (κ1) is 25.7. The molecule has 15 heteroatoms. The van der Waals surface area contributed by atoms with Crippen LogP contribution in [0.25, 0.3) is 11.1 Å². The molecule has 1 fully saturated rings. The molecule has 3 heterocycles. The molecule has 4 rings (SSSR count). The van der Waals surface area contributed by atoms with Gasteiger partial charge in [0.25, 0.3) is 0 Å². The average Bonchev–Trinajstić information content (AvgIpc) is 3.23. The van der Waals surface area contributed by atoms with Gasteiger partial charge in [-0.1, -0.05) is 40.0 Å². The van der Waals surface area contributed by atoms with Crippen molar-refractivity contribution in [1.29, 1.82) is 0 Å². The number of anilines is 2. The Bertz CT molecular complexity index is 1360. The fourth-order valence-electron chi connectivity index (χ4n) is 3.66. The Labute approximate surface area is 214 Å². The summed E-state index contributed by atoms with van der Waals surface area (Å²) in [7, 11) is -3.55. The molecular weight excluding hydrogens is 548 g/mol. The van der Waals surface area contributed by atoms with E-state index in [4.69, 9.17) is 44.1 Å². The first-order valence-corrected chi connectivity index (χ1v) is 13.3. The van der Waals surface area contributed by atoms with Crippen LogP contribution >= 0.6 is 34.8 Å². The monoisotopic (exact) mass is 565 g/mol.